The minimum Gasteiger partial charge on any atom is -0.166 e. The Morgan fingerprint density at radius 2 is 1.39 bits per heavy atom. The van der Waals surface area contributed by atoms with E-state index in [-0.39, 0.29) is 11.6 Å². The SMILES string of the molecule is FC(F)(F)c1cc(-c2cccc3c2C=CC3)cc(C(F)(F)F)c1. The van der Waals surface area contributed by atoms with Gasteiger partial charge in [-0.3, -0.25) is 0 Å². The highest BCUT2D eigenvalue weighted by Gasteiger charge is 2.37. The highest BCUT2D eigenvalue weighted by Crippen LogP contribution is 2.40. The summed E-state index contributed by atoms with van der Waals surface area (Å²) in [6, 6.07) is 6.63. The first-order chi connectivity index (χ1) is 10.7. The van der Waals surface area contributed by atoms with Crippen molar-refractivity contribution >= 4 is 6.08 Å². The van der Waals surface area contributed by atoms with E-state index in [0.29, 0.717) is 17.5 Å². The van der Waals surface area contributed by atoms with Crippen molar-refractivity contribution in [2.24, 2.45) is 0 Å². The number of hydrogen-bond donors (Lipinski definition) is 0. The number of alkyl halides is 6. The monoisotopic (exact) mass is 328 g/mol. The molecule has 6 heteroatoms. The first kappa shape index (κ1) is 15.6. The van der Waals surface area contributed by atoms with Gasteiger partial charge in [0.05, 0.1) is 11.1 Å². The van der Waals surface area contributed by atoms with Crippen molar-refractivity contribution in [1.29, 1.82) is 0 Å². The van der Waals surface area contributed by atoms with Crippen LogP contribution in [0.1, 0.15) is 22.3 Å². The Morgan fingerprint density at radius 1 is 0.783 bits per heavy atom. The predicted octanol–water partition coefficient (Wildman–Crippen LogP) is 5.96. The van der Waals surface area contributed by atoms with Crippen LogP contribution in [0.4, 0.5) is 26.3 Å². The van der Waals surface area contributed by atoms with Gasteiger partial charge in [-0.25, -0.2) is 0 Å². The van der Waals surface area contributed by atoms with Gasteiger partial charge in [0.2, 0.25) is 0 Å². The van der Waals surface area contributed by atoms with Gasteiger partial charge >= 0.3 is 12.4 Å². The van der Waals surface area contributed by atoms with Crippen molar-refractivity contribution < 1.29 is 26.3 Å². The molecule has 1 aliphatic carbocycles. The Balaban J connectivity index is 2.24. The Kier molecular flexibility index (Phi) is 3.50. The summed E-state index contributed by atoms with van der Waals surface area (Å²) in [4.78, 5) is 0. The first-order valence-electron chi connectivity index (χ1n) is 6.74. The molecule has 0 bridgehead atoms. The van der Waals surface area contributed by atoms with Crippen molar-refractivity contribution in [2.45, 2.75) is 18.8 Å². The predicted molar refractivity (Wildman–Crippen MR) is 74.6 cm³/mol. The van der Waals surface area contributed by atoms with Gasteiger partial charge in [-0.15, -0.1) is 0 Å². The minimum absolute atomic E-state index is 0.0875. The molecule has 2 aromatic carbocycles. The summed E-state index contributed by atoms with van der Waals surface area (Å²) in [5.41, 5.74) is -0.777. The zero-order valence-electron chi connectivity index (χ0n) is 11.6. The molecule has 1 aliphatic rings. The molecule has 0 spiro atoms. The summed E-state index contributed by atoms with van der Waals surface area (Å²) in [7, 11) is 0. The van der Waals surface area contributed by atoms with Crippen LogP contribution in [-0.2, 0) is 18.8 Å². The molecular formula is C17H10F6. The van der Waals surface area contributed by atoms with Gasteiger partial charge in [0, 0.05) is 0 Å². The Bertz CT molecular complexity index is 748. The third-order valence-corrected chi connectivity index (χ3v) is 3.72. The molecule has 0 N–H and O–H groups in total. The highest BCUT2D eigenvalue weighted by molar-refractivity contribution is 5.80. The van der Waals surface area contributed by atoms with E-state index in [0.717, 1.165) is 17.7 Å². The number of halogens is 6. The van der Waals surface area contributed by atoms with Crippen molar-refractivity contribution in [3.05, 3.63) is 64.7 Å². The normalized spacial score (nSPS) is 14.2. The molecule has 120 valence electrons. The molecule has 23 heavy (non-hydrogen) atoms. The summed E-state index contributed by atoms with van der Waals surface area (Å²) in [6.45, 7) is 0. The van der Waals surface area contributed by atoms with E-state index in [1.54, 1.807) is 18.2 Å². The maximum Gasteiger partial charge on any atom is 0.416 e. The van der Waals surface area contributed by atoms with Crippen LogP contribution in [0.25, 0.3) is 17.2 Å². The lowest BCUT2D eigenvalue weighted by Gasteiger charge is -2.15. The number of hydrogen-bond acceptors (Lipinski definition) is 0. The van der Waals surface area contributed by atoms with Gasteiger partial charge in [-0.05, 0) is 46.9 Å². The fourth-order valence-electron chi connectivity index (χ4n) is 2.65. The van der Waals surface area contributed by atoms with E-state index >= 15 is 0 Å². The van der Waals surface area contributed by atoms with Crippen LogP contribution in [0.15, 0.2) is 42.5 Å². The van der Waals surface area contributed by atoms with E-state index in [2.05, 4.69) is 0 Å². The number of benzene rings is 2. The topological polar surface area (TPSA) is 0 Å². The third-order valence-electron chi connectivity index (χ3n) is 3.72. The first-order valence-corrected chi connectivity index (χ1v) is 6.74. The molecule has 0 saturated carbocycles. The van der Waals surface area contributed by atoms with Crippen LogP contribution in [0, 0.1) is 0 Å². The smallest absolute Gasteiger partial charge is 0.166 e. The summed E-state index contributed by atoms with van der Waals surface area (Å²) in [6.07, 6.45) is -5.52. The van der Waals surface area contributed by atoms with Gasteiger partial charge < -0.3 is 0 Å². The maximum atomic E-state index is 12.9. The van der Waals surface area contributed by atoms with Crippen LogP contribution in [0.5, 0.6) is 0 Å². The van der Waals surface area contributed by atoms with E-state index in [1.807, 2.05) is 6.08 Å². The zero-order chi connectivity index (χ0) is 16.8. The molecule has 0 saturated heterocycles. The maximum absolute atomic E-state index is 12.9. The molecule has 0 atom stereocenters. The number of allylic oxidation sites excluding steroid dienone is 1. The molecule has 0 unspecified atom stereocenters. The second kappa shape index (κ2) is 5.15. The van der Waals surface area contributed by atoms with Crippen LogP contribution >= 0.6 is 0 Å². The van der Waals surface area contributed by atoms with Crippen molar-refractivity contribution in [1.82, 2.24) is 0 Å². The quantitative estimate of drug-likeness (QED) is 0.567. The lowest BCUT2D eigenvalue weighted by molar-refractivity contribution is -0.143. The van der Waals surface area contributed by atoms with Gasteiger partial charge in [0.15, 0.2) is 0 Å². The molecule has 0 heterocycles. The zero-order valence-corrected chi connectivity index (χ0v) is 11.6. The highest BCUT2D eigenvalue weighted by atomic mass is 19.4. The van der Waals surface area contributed by atoms with E-state index < -0.39 is 23.5 Å². The summed E-state index contributed by atoms with van der Waals surface area (Å²) in [5, 5.41) is 0. The van der Waals surface area contributed by atoms with Crippen molar-refractivity contribution in [3.8, 4) is 11.1 Å². The number of rotatable bonds is 1. The largest absolute Gasteiger partial charge is 0.416 e. The fraction of sp³-hybridized carbons (Fsp3) is 0.176. The van der Waals surface area contributed by atoms with Crippen molar-refractivity contribution in [2.75, 3.05) is 0 Å². The molecule has 3 rings (SSSR count). The van der Waals surface area contributed by atoms with Crippen LogP contribution in [-0.4, -0.2) is 0 Å². The lowest BCUT2D eigenvalue weighted by Crippen LogP contribution is -2.11. The Morgan fingerprint density at radius 3 is 1.96 bits per heavy atom. The van der Waals surface area contributed by atoms with Gasteiger partial charge in [-0.2, -0.15) is 26.3 Å². The second-order valence-corrected chi connectivity index (χ2v) is 5.28. The average Bonchev–Trinajstić information content (AvgIpc) is 2.93. The molecule has 0 radical (unpaired) electrons. The third kappa shape index (κ3) is 2.98. The second-order valence-electron chi connectivity index (χ2n) is 5.28. The summed E-state index contributed by atoms with van der Waals surface area (Å²) in [5.74, 6) is 0. The van der Waals surface area contributed by atoms with Crippen LogP contribution < -0.4 is 0 Å². The fourth-order valence-corrected chi connectivity index (χ4v) is 2.65. The van der Waals surface area contributed by atoms with Crippen molar-refractivity contribution in [3.63, 3.8) is 0 Å². The van der Waals surface area contributed by atoms with Gasteiger partial charge in [0.1, 0.15) is 0 Å². The molecule has 0 fully saturated rings. The average molecular weight is 328 g/mol. The number of fused-ring (bicyclic) bond motifs is 1. The molecular weight excluding hydrogens is 318 g/mol. The Hall–Kier alpha value is -2.24. The Labute approximate surface area is 128 Å². The molecule has 0 aliphatic heterocycles. The van der Waals surface area contributed by atoms with Gasteiger partial charge in [0.25, 0.3) is 0 Å². The minimum atomic E-state index is -4.84. The standard InChI is InChI=1S/C17H10F6/c18-16(19,20)12-7-11(8-13(9-12)17(21,22)23)15-6-2-4-10-3-1-5-14(10)15/h1-2,4-9H,3H2. The summed E-state index contributed by atoms with van der Waals surface area (Å²) >= 11 is 0. The van der Waals surface area contributed by atoms with Gasteiger partial charge in [-0.1, -0.05) is 30.4 Å². The molecule has 0 nitrogen and oxygen atoms in total. The van der Waals surface area contributed by atoms with E-state index in [4.69, 9.17) is 0 Å². The van der Waals surface area contributed by atoms with Crippen LogP contribution in [0.3, 0.4) is 0 Å². The molecule has 0 amide bonds. The van der Waals surface area contributed by atoms with E-state index in [1.165, 1.54) is 6.07 Å². The molecule has 0 aromatic heterocycles. The summed E-state index contributed by atoms with van der Waals surface area (Å²) < 4.78 is 77.7. The molecule has 2 aromatic rings. The lowest BCUT2D eigenvalue weighted by atomic mass is 9.94. The van der Waals surface area contributed by atoms with Crippen LogP contribution in [0.2, 0.25) is 0 Å². The van der Waals surface area contributed by atoms with E-state index in [9.17, 15) is 26.3 Å².